The van der Waals surface area contributed by atoms with E-state index >= 15 is 0 Å². The average Bonchev–Trinajstić information content (AvgIpc) is 2.83. The van der Waals surface area contributed by atoms with Crippen LogP contribution in [0.3, 0.4) is 0 Å². The molecule has 1 N–H and O–H groups in total. The Morgan fingerprint density at radius 1 is 1.26 bits per heavy atom. The molecule has 2 atom stereocenters. The third-order valence-electron chi connectivity index (χ3n) is 5.03. The monoisotopic (exact) mass is 389 g/mol. The van der Waals surface area contributed by atoms with E-state index in [1.807, 2.05) is 0 Å². The Bertz CT molecular complexity index is 914. The van der Waals surface area contributed by atoms with Crippen LogP contribution in [0.15, 0.2) is 12.1 Å². The summed E-state index contributed by atoms with van der Waals surface area (Å²) in [6.45, 7) is 6.10. The van der Waals surface area contributed by atoms with Crippen LogP contribution in [0, 0.1) is 17.6 Å². The van der Waals surface area contributed by atoms with Crippen molar-refractivity contribution in [3.63, 3.8) is 0 Å². The van der Waals surface area contributed by atoms with Crippen molar-refractivity contribution >= 4 is 22.9 Å². The largest absolute Gasteiger partial charge is 0.304 e. The van der Waals surface area contributed by atoms with Gasteiger partial charge in [0.1, 0.15) is 0 Å². The van der Waals surface area contributed by atoms with Gasteiger partial charge in [0, 0.05) is 36.4 Å². The van der Waals surface area contributed by atoms with Gasteiger partial charge in [-0.15, -0.1) is 0 Å². The number of hydrogen-bond acceptors (Lipinski definition) is 2. The molecule has 148 valence electrons. The van der Waals surface area contributed by atoms with E-state index < -0.39 is 53.4 Å². The summed E-state index contributed by atoms with van der Waals surface area (Å²) in [5.41, 5.74) is -3.01. The minimum atomic E-state index is -3.45. The Morgan fingerprint density at radius 2 is 1.85 bits per heavy atom. The number of carbonyl (C=O) groups is 1. The number of fused-ring (bicyclic) bond motifs is 1. The van der Waals surface area contributed by atoms with Crippen molar-refractivity contribution in [1.29, 1.82) is 0 Å². The fraction of sp³-hybridized carbons (Fsp3) is 0.556. The van der Waals surface area contributed by atoms with Crippen LogP contribution in [-0.4, -0.2) is 27.0 Å². The summed E-state index contributed by atoms with van der Waals surface area (Å²) in [5.74, 6) is -7.39. The number of rotatable bonds is 3. The molecule has 1 aromatic carbocycles. The van der Waals surface area contributed by atoms with Gasteiger partial charge in [0.25, 0.3) is 5.92 Å². The van der Waals surface area contributed by atoms with Gasteiger partial charge in [-0.3, -0.25) is 10.1 Å². The molecule has 1 amide bonds. The van der Waals surface area contributed by atoms with Crippen molar-refractivity contribution in [2.45, 2.75) is 57.7 Å². The average molecular weight is 389 g/mol. The predicted octanol–water partition coefficient (Wildman–Crippen LogP) is 4.78. The van der Waals surface area contributed by atoms with Crippen LogP contribution in [-0.2, 0) is 10.3 Å². The van der Waals surface area contributed by atoms with E-state index in [1.54, 1.807) is 20.8 Å². The quantitative estimate of drug-likeness (QED) is 0.768. The van der Waals surface area contributed by atoms with Gasteiger partial charge in [-0.2, -0.15) is 0 Å². The molecule has 0 bridgehead atoms. The predicted molar refractivity (Wildman–Crippen MR) is 90.5 cm³/mol. The number of amides is 1. The lowest BCUT2D eigenvalue weighted by Crippen LogP contribution is -2.60. The van der Waals surface area contributed by atoms with E-state index in [2.05, 4.69) is 10.3 Å². The van der Waals surface area contributed by atoms with Crippen LogP contribution in [0.25, 0.3) is 11.0 Å². The second kappa shape index (κ2) is 5.90. The molecule has 2 unspecified atom stereocenters. The number of alkyl halides is 3. The van der Waals surface area contributed by atoms with Crippen molar-refractivity contribution in [1.82, 2.24) is 9.55 Å². The maximum atomic E-state index is 14.0. The van der Waals surface area contributed by atoms with Gasteiger partial charge in [-0.25, -0.2) is 26.9 Å². The highest BCUT2D eigenvalue weighted by Crippen LogP contribution is 2.55. The number of aromatic nitrogens is 2. The zero-order chi connectivity index (χ0) is 20.4. The van der Waals surface area contributed by atoms with Gasteiger partial charge in [-0.1, -0.05) is 0 Å². The molecule has 0 spiro atoms. The van der Waals surface area contributed by atoms with Crippen LogP contribution >= 0.6 is 0 Å². The summed E-state index contributed by atoms with van der Waals surface area (Å²) in [7, 11) is 0. The van der Waals surface area contributed by atoms with Crippen molar-refractivity contribution in [3.8, 4) is 0 Å². The van der Waals surface area contributed by atoms with Crippen LogP contribution in [0.4, 0.5) is 27.9 Å². The van der Waals surface area contributed by atoms with Crippen molar-refractivity contribution in [2.75, 3.05) is 5.32 Å². The molecule has 1 saturated carbocycles. The van der Waals surface area contributed by atoms with Crippen LogP contribution in [0.1, 0.15) is 40.5 Å². The van der Waals surface area contributed by atoms with E-state index in [-0.39, 0.29) is 17.0 Å². The second-order valence-electron chi connectivity index (χ2n) is 8.13. The first-order valence-corrected chi connectivity index (χ1v) is 8.48. The minimum absolute atomic E-state index is 0.0131. The Hall–Kier alpha value is -2.19. The smallest absolute Gasteiger partial charge is 0.281 e. The van der Waals surface area contributed by atoms with E-state index in [0.29, 0.717) is 0 Å². The molecule has 1 aromatic heterocycles. The number of imidazole rings is 1. The summed E-state index contributed by atoms with van der Waals surface area (Å²) < 4.78 is 69.3. The maximum absolute atomic E-state index is 14.0. The molecule has 1 aliphatic carbocycles. The molecule has 0 aliphatic heterocycles. The number of nitrogens with zero attached hydrogens (tertiary/aromatic N) is 2. The zero-order valence-electron chi connectivity index (χ0n) is 15.3. The van der Waals surface area contributed by atoms with Crippen LogP contribution in [0.5, 0.6) is 0 Å². The molecule has 0 radical (unpaired) electrons. The summed E-state index contributed by atoms with van der Waals surface area (Å²) in [6.07, 6.45) is -1.15. The highest BCUT2D eigenvalue weighted by molar-refractivity contribution is 5.92. The topological polar surface area (TPSA) is 46.9 Å². The van der Waals surface area contributed by atoms with Gasteiger partial charge in [0.15, 0.2) is 17.3 Å². The zero-order valence-corrected chi connectivity index (χ0v) is 15.3. The first-order chi connectivity index (χ1) is 12.2. The first kappa shape index (κ1) is 19.6. The van der Waals surface area contributed by atoms with Gasteiger partial charge in [-0.05, 0) is 27.7 Å². The molecular formula is C18H20F5N3O. The summed E-state index contributed by atoms with van der Waals surface area (Å²) in [6, 6.07) is 1.89. The number of anilines is 1. The van der Waals surface area contributed by atoms with Crippen molar-refractivity contribution in [3.05, 3.63) is 23.8 Å². The van der Waals surface area contributed by atoms with Crippen molar-refractivity contribution in [2.24, 2.45) is 5.92 Å². The number of nitrogens with one attached hydrogen (secondary N) is 1. The van der Waals surface area contributed by atoms with E-state index in [4.69, 9.17) is 0 Å². The van der Waals surface area contributed by atoms with Gasteiger partial charge >= 0.3 is 0 Å². The fourth-order valence-electron chi connectivity index (χ4n) is 3.37. The second-order valence-corrected chi connectivity index (χ2v) is 8.13. The normalized spacial score (nSPS) is 24.7. The SMILES string of the molecule is CC(C)(C)n1c(NC(=O)CC2CC(F)(F)C2(C)F)nc2cc(F)c(F)cc21. The lowest BCUT2D eigenvalue weighted by Gasteiger charge is -2.47. The molecule has 1 heterocycles. The Labute approximate surface area is 152 Å². The lowest BCUT2D eigenvalue weighted by molar-refractivity contribution is -0.242. The fourth-order valence-corrected chi connectivity index (χ4v) is 3.37. The van der Waals surface area contributed by atoms with Gasteiger partial charge in [0.05, 0.1) is 11.0 Å². The maximum Gasteiger partial charge on any atom is 0.281 e. The van der Waals surface area contributed by atoms with Gasteiger partial charge < -0.3 is 4.57 Å². The molecule has 9 heteroatoms. The Kier molecular flexibility index (Phi) is 4.28. The first-order valence-electron chi connectivity index (χ1n) is 8.48. The minimum Gasteiger partial charge on any atom is -0.304 e. The molecule has 4 nitrogen and oxygen atoms in total. The van der Waals surface area contributed by atoms with Crippen molar-refractivity contribution < 1.29 is 26.7 Å². The number of halogens is 5. The van der Waals surface area contributed by atoms with Gasteiger partial charge in [0.2, 0.25) is 11.9 Å². The molecule has 27 heavy (non-hydrogen) atoms. The number of carbonyl (C=O) groups excluding carboxylic acids is 1. The number of benzene rings is 1. The third kappa shape index (κ3) is 3.17. The summed E-state index contributed by atoms with van der Waals surface area (Å²) in [5, 5.41) is 2.47. The highest BCUT2D eigenvalue weighted by atomic mass is 19.3. The summed E-state index contributed by atoms with van der Waals surface area (Å²) in [4.78, 5) is 16.4. The standard InChI is InChI=1S/C18H20F5N3O/c1-16(2,3)26-13-7-11(20)10(19)6-12(13)24-15(26)25-14(27)5-9-8-18(22,23)17(9,4)21/h6-7,9H,5,8H2,1-4H3,(H,24,25,27). The molecule has 0 saturated heterocycles. The van der Waals surface area contributed by atoms with E-state index in [9.17, 15) is 26.7 Å². The summed E-state index contributed by atoms with van der Waals surface area (Å²) >= 11 is 0. The molecule has 2 aromatic rings. The highest BCUT2D eigenvalue weighted by Gasteiger charge is 2.66. The number of hydrogen-bond donors (Lipinski definition) is 1. The van der Waals surface area contributed by atoms with Crippen LogP contribution < -0.4 is 5.32 Å². The van der Waals surface area contributed by atoms with E-state index in [1.165, 1.54) is 4.57 Å². The lowest BCUT2D eigenvalue weighted by atomic mass is 9.67. The molecular weight excluding hydrogens is 369 g/mol. The molecule has 3 rings (SSSR count). The molecule has 1 aliphatic rings. The van der Waals surface area contributed by atoms with Crippen LogP contribution in [0.2, 0.25) is 0 Å². The molecule has 1 fully saturated rings. The third-order valence-corrected chi connectivity index (χ3v) is 5.03. The van der Waals surface area contributed by atoms with E-state index in [0.717, 1.165) is 19.1 Å². The Balaban J connectivity index is 1.90. The Morgan fingerprint density at radius 3 is 2.37 bits per heavy atom.